The van der Waals surface area contributed by atoms with Crippen LogP contribution in [0, 0.1) is 12.7 Å². The largest absolute Gasteiger partial charge is 0.375 e. The number of nitrogens with zero attached hydrogens (tertiary/aromatic N) is 1. The SMILES string of the molecule is Cc1nc(C(C)(C)C)sc1C(C)Nc1ccc(Br)cc1F. The maximum Gasteiger partial charge on any atom is 0.147 e. The summed E-state index contributed by atoms with van der Waals surface area (Å²) in [5.74, 6) is -0.255. The van der Waals surface area contributed by atoms with E-state index in [-0.39, 0.29) is 17.3 Å². The summed E-state index contributed by atoms with van der Waals surface area (Å²) in [6.45, 7) is 10.5. The van der Waals surface area contributed by atoms with Crippen molar-refractivity contribution >= 4 is 33.0 Å². The normalized spacial score (nSPS) is 13.3. The molecule has 2 rings (SSSR count). The Hall–Kier alpha value is -0.940. The van der Waals surface area contributed by atoms with Crippen LogP contribution in [-0.2, 0) is 5.41 Å². The van der Waals surface area contributed by atoms with E-state index in [4.69, 9.17) is 0 Å². The highest BCUT2D eigenvalue weighted by atomic mass is 79.9. The van der Waals surface area contributed by atoms with Crippen molar-refractivity contribution in [1.82, 2.24) is 4.98 Å². The topological polar surface area (TPSA) is 24.9 Å². The van der Waals surface area contributed by atoms with Crippen molar-refractivity contribution in [3.05, 3.63) is 44.1 Å². The van der Waals surface area contributed by atoms with Crippen molar-refractivity contribution in [3.63, 3.8) is 0 Å². The second-order valence-corrected chi connectivity index (χ2v) is 8.16. The number of aromatic nitrogens is 1. The standard InChI is InChI=1S/C16H20BrFN2S/c1-9(19-13-7-6-11(17)8-12(13)18)14-10(2)20-15(21-14)16(3,4)5/h6-9,19H,1-5H3. The molecule has 1 atom stereocenters. The summed E-state index contributed by atoms with van der Waals surface area (Å²) in [4.78, 5) is 5.81. The minimum absolute atomic E-state index is 0.0225. The van der Waals surface area contributed by atoms with Crippen molar-refractivity contribution in [3.8, 4) is 0 Å². The fraction of sp³-hybridized carbons (Fsp3) is 0.438. The van der Waals surface area contributed by atoms with E-state index < -0.39 is 0 Å². The number of benzene rings is 1. The van der Waals surface area contributed by atoms with Crippen LogP contribution in [0.2, 0.25) is 0 Å². The maximum absolute atomic E-state index is 13.9. The average Bonchev–Trinajstić information content (AvgIpc) is 2.75. The van der Waals surface area contributed by atoms with Crippen LogP contribution in [0.25, 0.3) is 0 Å². The van der Waals surface area contributed by atoms with E-state index in [0.717, 1.165) is 20.1 Å². The molecule has 2 aromatic rings. The second-order valence-electron chi connectivity index (χ2n) is 6.21. The third-order valence-corrected chi connectivity index (χ3v) is 5.43. The number of thiazole rings is 1. The Morgan fingerprint density at radius 3 is 2.52 bits per heavy atom. The zero-order chi connectivity index (χ0) is 15.8. The van der Waals surface area contributed by atoms with Gasteiger partial charge in [0, 0.05) is 14.8 Å². The zero-order valence-corrected chi connectivity index (χ0v) is 15.3. The predicted molar refractivity (Wildman–Crippen MR) is 91.7 cm³/mol. The van der Waals surface area contributed by atoms with Crippen LogP contribution in [0.3, 0.4) is 0 Å². The molecule has 5 heteroatoms. The highest BCUT2D eigenvalue weighted by Crippen LogP contribution is 2.34. The summed E-state index contributed by atoms with van der Waals surface area (Å²) in [5, 5.41) is 4.34. The van der Waals surface area contributed by atoms with Crippen LogP contribution >= 0.6 is 27.3 Å². The molecule has 1 unspecified atom stereocenters. The van der Waals surface area contributed by atoms with Gasteiger partial charge in [-0.25, -0.2) is 9.37 Å². The lowest BCUT2D eigenvalue weighted by Gasteiger charge is -2.16. The fourth-order valence-electron chi connectivity index (χ4n) is 2.04. The average molecular weight is 371 g/mol. The van der Waals surface area contributed by atoms with Gasteiger partial charge in [0.15, 0.2) is 0 Å². The number of aryl methyl sites for hydroxylation is 1. The first-order valence-electron chi connectivity index (χ1n) is 6.88. The highest BCUT2D eigenvalue weighted by molar-refractivity contribution is 9.10. The first-order valence-corrected chi connectivity index (χ1v) is 8.49. The Labute approximate surface area is 137 Å². The number of rotatable bonds is 3. The molecule has 0 fully saturated rings. The molecular weight excluding hydrogens is 351 g/mol. The Morgan fingerprint density at radius 2 is 2.00 bits per heavy atom. The molecule has 21 heavy (non-hydrogen) atoms. The van der Waals surface area contributed by atoms with E-state index >= 15 is 0 Å². The molecule has 114 valence electrons. The number of hydrogen-bond donors (Lipinski definition) is 1. The first kappa shape index (κ1) is 16.4. The molecule has 1 aromatic heterocycles. The molecule has 0 aliphatic heterocycles. The van der Waals surface area contributed by atoms with E-state index in [1.165, 1.54) is 6.07 Å². The molecule has 0 spiro atoms. The summed E-state index contributed by atoms with van der Waals surface area (Å²) in [7, 11) is 0. The van der Waals surface area contributed by atoms with Gasteiger partial charge in [0.05, 0.1) is 22.4 Å². The van der Waals surface area contributed by atoms with Gasteiger partial charge in [0.25, 0.3) is 0 Å². The first-order chi connectivity index (χ1) is 9.68. The lowest BCUT2D eigenvalue weighted by molar-refractivity contribution is 0.584. The summed E-state index contributed by atoms with van der Waals surface area (Å²) < 4.78 is 14.7. The fourth-order valence-corrected chi connectivity index (χ4v) is 3.50. The van der Waals surface area contributed by atoms with Crippen molar-refractivity contribution in [1.29, 1.82) is 0 Å². The molecule has 0 saturated carbocycles. The monoisotopic (exact) mass is 370 g/mol. The molecule has 0 bridgehead atoms. The molecule has 0 aliphatic carbocycles. The predicted octanol–water partition coefficient (Wildman–Crippen LogP) is 5.82. The van der Waals surface area contributed by atoms with E-state index in [1.54, 1.807) is 17.4 Å². The number of hydrogen-bond acceptors (Lipinski definition) is 3. The minimum Gasteiger partial charge on any atom is -0.375 e. The van der Waals surface area contributed by atoms with E-state index in [9.17, 15) is 4.39 Å². The van der Waals surface area contributed by atoms with Crippen LogP contribution < -0.4 is 5.32 Å². The number of halogens is 2. The van der Waals surface area contributed by atoms with Gasteiger partial charge in [-0.05, 0) is 32.0 Å². The van der Waals surface area contributed by atoms with Gasteiger partial charge in [0.1, 0.15) is 5.82 Å². The minimum atomic E-state index is -0.255. The van der Waals surface area contributed by atoms with E-state index in [0.29, 0.717) is 5.69 Å². The van der Waals surface area contributed by atoms with Crippen LogP contribution in [0.1, 0.15) is 49.3 Å². The van der Waals surface area contributed by atoms with Gasteiger partial charge < -0.3 is 5.32 Å². The van der Waals surface area contributed by atoms with Crippen molar-refractivity contribution in [2.75, 3.05) is 5.32 Å². The van der Waals surface area contributed by atoms with Gasteiger partial charge in [-0.2, -0.15) is 0 Å². The van der Waals surface area contributed by atoms with Gasteiger partial charge in [-0.1, -0.05) is 36.7 Å². The molecule has 0 amide bonds. The number of anilines is 1. The molecular formula is C16H20BrFN2S. The molecule has 0 aliphatic rings. The van der Waals surface area contributed by atoms with Gasteiger partial charge in [0.2, 0.25) is 0 Å². The van der Waals surface area contributed by atoms with Gasteiger partial charge in [-0.15, -0.1) is 11.3 Å². The molecule has 0 saturated heterocycles. The molecule has 1 N–H and O–H groups in total. The van der Waals surface area contributed by atoms with Crippen LogP contribution in [0.5, 0.6) is 0 Å². The second kappa shape index (κ2) is 6.05. The van der Waals surface area contributed by atoms with E-state index in [1.807, 2.05) is 19.9 Å². The Balaban J connectivity index is 2.24. The van der Waals surface area contributed by atoms with Crippen molar-refractivity contribution < 1.29 is 4.39 Å². The van der Waals surface area contributed by atoms with Crippen molar-refractivity contribution in [2.24, 2.45) is 0 Å². The Kier molecular flexibility index (Phi) is 4.73. The van der Waals surface area contributed by atoms with Crippen LogP contribution in [0.4, 0.5) is 10.1 Å². The van der Waals surface area contributed by atoms with Crippen molar-refractivity contribution in [2.45, 2.75) is 46.1 Å². The highest BCUT2D eigenvalue weighted by Gasteiger charge is 2.22. The summed E-state index contributed by atoms with van der Waals surface area (Å²) in [5.41, 5.74) is 1.56. The third-order valence-electron chi connectivity index (χ3n) is 3.17. The molecule has 2 nitrogen and oxygen atoms in total. The third kappa shape index (κ3) is 3.83. The van der Waals surface area contributed by atoms with Crippen LogP contribution in [-0.4, -0.2) is 4.98 Å². The zero-order valence-electron chi connectivity index (χ0n) is 12.9. The lowest BCUT2D eigenvalue weighted by Crippen LogP contribution is -2.10. The summed E-state index contributed by atoms with van der Waals surface area (Å²) in [6, 6.07) is 5.07. The maximum atomic E-state index is 13.9. The Morgan fingerprint density at radius 1 is 1.33 bits per heavy atom. The van der Waals surface area contributed by atoms with Crippen LogP contribution in [0.15, 0.2) is 22.7 Å². The van der Waals surface area contributed by atoms with E-state index in [2.05, 4.69) is 47.0 Å². The Bertz CT molecular complexity index is 646. The summed E-state index contributed by atoms with van der Waals surface area (Å²) in [6.07, 6.45) is 0. The lowest BCUT2D eigenvalue weighted by atomic mass is 9.98. The van der Waals surface area contributed by atoms with Gasteiger partial charge >= 0.3 is 0 Å². The van der Waals surface area contributed by atoms with Gasteiger partial charge in [-0.3, -0.25) is 0 Å². The quantitative estimate of drug-likeness (QED) is 0.735. The molecule has 1 aromatic carbocycles. The molecule has 1 heterocycles. The summed E-state index contributed by atoms with van der Waals surface area (Å²) >= 11 is 4.97. The smallest absolute Gasteiger partial charge is 0.147 e. The molecule has 0 radical (unpaired) electrons. The number of nitrogens with one attached hydrogen (secondary N) is 1.